The molecule has 0 bridgehead atoms. The molecule has 2 N–H and O–H groups in total. The first kappa shape index (κ1) is 15.8. The van der Waals surface area contributed by atoms with Crippen LogP contribution in [0.3, 0.4) is 0 Å². The van der Waals surface area contributed by atoms with Gasteiger partial charge in [-0.3, -0.25) is 4.79 Å². The Kier molecular flexibility index (Phi) is 4.67. The highest BCUT2D eigenvalue weighted by molar-refractivity contribution is 5.94. The largest absolute Gasteiger partial charge is 0.497 e. The van der Waals surface area contributed by atoms with Gasteiger partial charge in [0, 0.05) is 12.1 Å². The van der Waals surface area contributed by atoms with E-state index in [-0.39, 0.29) is 5.56 Å². The number of hydrogen-bond donors (Lipinski definition) is 2. The van der Waals surface area contributed by atoms with E-state index in [0.29, 0.717) is 17.9 Å². The normalized spacial score (nSPS) is 11.9. The number of hydrogen-bond acceptors (Lipinski definition) is 3. The first-order chi connectivity index (χ1) is 10.4. The van der Waals surface area contributed by atoms with Crippen LogP contribution in [0.5, 0.6) is 5.75 Å². The molecule has 22 heavy (non-hydrogen) atoms. The lowest BCUT2D eigenvalue weighted by Crippen LogP contribution is -2.21. The summed E-state index contributed by atoms with van der Waals surface area (Å²) in [4.78, 5) is 11.9. The van der Waals surface area contributed by atoms with E-state index in [2.05, 4.69) is 0 Å². The van der Waals surface area contributed by atoms with E-state index in [9.17, 15) is 23.1 Å². The number of benzene rings is 2. The minimum absolute atomic E-state index is 0.208. The average molecular weight is 311 g/mol. The molecular formula is C15H12F3NO3. The number of carbonyl (C=O) groups is 1. The number of nitrogens with one attached hydrogen (secondary N) is 1. The number of methoxy groups -OCH3 is 1. The third-order valence-corrected chi connectivity index (χ3v) is 2.93. The van der Waals surface area contributed by atoms with Gasteiger partial charge in [0.25, 0.3) is 5.91 Å². The summed E-state index contributed by atoms with van der Waals surface area (Å²) in [7, 11) is 1.42. The second kappa shape index (κ2) is 6.48. The quantitative estimate of drug-likeness (QED) is 0.854. The molecule has 4 nitrogen and oxygen atoms in total. The van der Waals surface area contributed by atoms with Crippen molar-refractivity contribution in [2.45, 2.75) is 6.10 Å². The van der Waals surface area contributed by atoms with E-state index in [1.54, 1.807) is 12.1 Å². The molecule has 0 radical (unpaired) electrons. The minimum Gasteiger partial charge on any atom is -0.497 e. The van der Waals surface area contributed by atoms with Crippen molar-refractivity contribution in [3.63, 3.8) is 0 Å². The van der Waals surface area contributed by atoms with E-state index in [4.69, 9.17) is 4.74 Å². The second-order valence-electron chi connectivity index (χ2n) is 4.41. The molecule has 0 saturated carbocycles. The molecule has 0 aliphatic rings. The highest BCUT2D eigenvalue weighted by Gasteiger charge is 2.20. The van der Waals surface area contributed by atoms with Crippen LogP contribution in [0, 0.1) is 17.5 Å². The number of amides is 1. The zero-order chi connectivity index (χ0) is 16.3. The number of rotatable bonds is 4. The summed E-state index contributed by atoms with van der Waals surface area (Å²) >= 11 is 0. The van der Waals surface area contributed by atoms with Gasteiger partial charge in [0.2, 0.25) is 0 Å². The molecule has 0 saturated heterocycles. The van der Waals surface area contributed by atoms with Crippen LogP contribution in [0.25, 0.3) is 0 Å². The van der Waals surface area contributed by atoms with Crippen LogP contribution in [0.2, 0.25) is 0 Å². The van der Waals surface area contributed by atoms with Gasteiger partial charge in [-0.25, -0.2) is 13.2 Å². The molecule has 2 aromatic carbocycles. The van der Waals surface area contributed by atoms with Gasteiger partial charge >= 0.3 is 0 Å². The Hall–Kier alpha value is -2.54. The predicted octanol–water partition coefficient (Wildman–Crippen LogP) is 2.78. The lowest BCUT2D eigenvalue weighted by atomic mass is 10.1. The third kappa shape index (κ3) is 3.37. The highest BCUT2D eigenvalue weighted by Crippen LogP contribution is 2.23. The van der Waals surface area contributed by atoms with Gasteiger partial charge in [-0.15, -0.1) is 0 Å². The van der Waals surface area contributed by atoms with Crippen molar-refractivity contribution in [3.05, 3.63) is 59.4 Å². The Bertz CT molecular complexity index is 706. The molecule has 7 heteroatoms. The van der Waals surface area contributed by atoms with Crippen LogP contribution in [-0.2, 0) is 4.79 Å². The summed E-state index contributed by atoms with van der Waals surface area (Å²) in [6.45, 7) is 0. The van der Waals surface area contributed by atoms with Crippen molar-refractivity contribution in [1.29, 1.82) is 0 Å². The number of carbonyl (C=O) groups excluding carboxylic acids is 1. The van der Waals surface area contributed by atoms with Crippen LogP contribution in [0.15, 0.2) is 36.4 Å². The van der Waals surface area contributed by atoms with Gasteiger partial charge in [-0.2, -0.15) is 0 Å². The number of anilines is 1. The molecule has 116 valence electrons. The first-order valence-electron chi connectivity index (χ1n) is 6.20. The summed E-state index contributed by atoms with van der Waals surface area (Å²) in [5.74, 6) is -4.40. The highest BCUT2D eigenvalue weighted by atomic mass is 19.2. The molecular weight excluding hydrogens is 299 g/mol. The molecule has 1 atom stereocenters. The Morgan fingerprint density at radius 3 is 2.50 bits per heavy atom. The van der Waals surface area contributed by atoms with Crippen LogP contribution in [0.1, 0.15) is 11.7 Å². The predicted molar refractivity (Wildman–Crippen MR) is 72.9 cm³/mol. The summed E-state index contributed by atoms with van der Waals surface area (Å²) < 4.78 is 44.3. The standard InChI is InChI=1S/C15H12F3NO3/c1-22-9-4-2-3-8(5-9)14(20)15(21)19-13-7-11(17)10(16)6-12(13)18/h2-7,14,20H,1H3,(H,19,21). The molecule has 0 aromatic heterocycles. The van der Waals surface area contributed by atoms with Crippen LogP contribution >= 0.6 is 0 Å². The van der Waals surface area contributed by atoms with Gasteiger partial charge in [0.05, 0.1) is 12.8 Å². The monoisotopic (exact) mass is 311 g/mol. The Morgan fingerprint density at radius 1 is 1.14 bits per heavy atom. The Labute approximate surface area is 124 Å². The zero-order valence-electron chi connectivity index (χ0n) is 11.4. The van der Waals surface area contributed by atoms with Crippen molar-refractivity contribution in [1.82, 2.24) is 0 Å². The molecule has 0 aliphatic carbocycles. The summed E-state index contributed by atoms with van der Waals surface area (Å²) in [5.41, 5.74) is -0.356. The molecule has 0 heterocycles. The molecule has 2 aromatic rings. The number of ether oxygens (including phenoxy) is 1. The summed E-state index contributed by atoms with van der Waals surface area (Å²) in [5, 5.41) is 11.9. The van der Waals surface area contributed by atoms with E-state index < -0.39 is 35.2 Å². The number of halogens is 3. The first-order valence-corrected chi connectivity index (χ1v) is 6.20. The summed E-state index contributed by atoms with van der Waals surface area (Å²) in [6, 6.07) is 6.87. The van der Waals surface area contributed by atoms with Gasteiger partial charge in [-0.05, 0) is 17.7 Å². The number of aliphatic hydroxyl groups is 1. The second-order valence-corrected chi connectivity index (χ2v) is 4.41. The van der Waals surface area contributed by atoms with E-state index in [1.807, 2.05) is 5.32 Å². The minimum atomic E-state index is -1.62. The van der Waals surface area contributed by atoms with Crippen molar-refractivity contribution in [3.8, 4) is 5.75 Å². The van der Waals surface area contributed by atoms with E-state index in [1.165, 1.54) is 19.2 Å². The fourth-order valence-corrected chi connectivity index (χ4v) is 1.78. The van der Waals surface area contributed by atoms with Crippen molar-refractivity contribution < 1.29 is 27.8 Å². The summed E-state index contributed by atoms with van der Waals surface area (Å²) in [6.07, 6.45) is -1.62. The molecule has 1 unspecified atom stereocenters. The molecule has 2 rings (SSSR count). The van der Waals surface area contributed by atoms with Crippen LogP contribution in [0.4, 0.5) is 18.9 Å². The van der Waals surface area contributed by atoms with E-state index >= 15 is 0 Å². The van der Waals surface area contributed by atoms with Crippen molar-refractivity contribution in [2.75, 3.05) is 12.4 Å². The fourth-order valence-electron chi connectivity index (χ4n) is 1.78. The Morgan fingerprint density at radius 2 is 1.82 bits per heavy atom. The smallest absolute Gasteiger partial charge is 0.257 e. The van der Waals surface area contributed by atoms with Gasteiger partial charge < -0.3 is 15.2 Å². The van der Waals surface area contributed by atoms with Gasteiger partial charge in [0.1, 0.15) is 11.6 Å². The topological polar surface area (TPSA) is 58.6 Å². The maximum absolute atomic E-state index is 13.5. The average Bonchev–Trinajstić information content (AvgIpc) is 2.51. The molecule has 0 spiro atoms. The van der Waals surface area contributed by atoms with Crippen molar-refractivity contribution >= 4 is 11.6 Å². The fraction of sp³-hybridized carbons (Fsp3) is 0.133. The zero-order valence-corrected chi connectivity index (χ0v) is 11.4. The number of aliphatic hydroxyl groups excluding tert-OH is 1. The van der Waals surface area contributed by atoms with Crippen LogP contribution in [-0.4, -0.2) is 18.1 Å². The lowest BCUT2D eigenvalue weighted by Gasteiger charge is -2.13. The third-order valence-electron chi connectivity index (χ3n) is 2.93. The Balaban J connectivity index is 2.19. The maximum atomic E-state index is 13.5. The van der Waals surface area contributed by atoms with Gasteiger partial charge in [0.15, 0.2) is 17.7 Å². The van der Waals surface area contributed by atoms with Gasteiger partial charge in [-0.1, -0.05) is 12.1 Å². The molecule has 0 fully saturated rings. The SMILES string of the molecule is COc1cccc(C(O)C(=O)Nc2cc(F)c(F)cc2F)c1. The van der Waals surface area contributed by atoms with E-state index in [0.717, 1.165) is 0 Å². The lowest BCUT2D eigenvalue weighted by molar-refractivity contribution is -0.124. The maximum Gasteiger partial charge on any atom is 0.257 e. The molecule has 0 aliphatic heterocycles. The van der Waals surface area contributed by atoms with Crippen molar-refractivity contribution in [2.24, 2.45) is 0 Å². The van der Waals surface area contributed by atoms with Crippen LogP contribution < -0.4 is 10.1 Å². The molecule has 1 amide bonds.